The van der Waals surface area contributed by atoms with E-state index in [1.807, 2.05) is 29.7 Å². The van der Waals surface area contributed by atoms with Crippen molar-refractivity contribution in [2.45, 2.75) is 58.9 Å². The van der Waals surface area contributed by atoms with Crippen molar-refractivity contribution >= 4 is 11.6 Å². The molecule has 4 nitrogen and oxygen atoms in total. The molecule has 3 rings (SSSR count). The summed E-state index contributed by atoms with van der Waals surface area (Å²) in [5.41, 5.74) is 3.70. The highest BCUT2D eigenvalue weighted by Gasteiger charge is 2.30. The first kappa shape index (κ1) is 15.1. The average molecular weight is 299 g/mol. The predicted octanol–water partition coefficient (Wildman–Crippen LogP) is 3.61. The minimum atomic E-state index is 0.154. The highest BCUT2D eigenvalue weighted by atomic mass is 16.2. The van der Waals surface area contributed by atoms with E-state index in [1.165, 1.54) is 6.42 Å². The van der Waals surface area contributed by atoms with Crippen LogP contribution in [0, 0.1) is 6.92 Å². The maximum absolute atomic E-state index is 13.2. The summed E-state index contributed by atoms with van der Waals surface area (Å²) in [6.45, 7) is 7.17. The number of carbonyl (C=O) groups is 1. The van der Waals surface area contributed by atoms with Gasteiger partial charge < -0.3 is 4.90 Å². The van der Waals surface area contributed by atoms with Crippen LogP contribution in [0.1, 0.15) is 61.3 Å². The molecule has 1 aliphatic heterocycles. The van der Waals surface area contributed by atoms with Gasteiger partial charge in [0.15, 0.2) is 0 Å². The molecule has 1 saturated heterocycles. The maximum Gasteiger partial charge on any atom is 0.273 e. The number of hydrogen-bond donors (Lipinski definition) is 0. The zero-order chi connectivity index (χ0) is 15.7. The van der Waals surface area contributed by atoms with E-state index in [9.17, 15) is 4.79 Å². The normalized spacial score (nSPS) is 18.9. The first-order valence-electron chi connectivity index (χ1n) is 8.44. The van der Waals surface area contributed by atoms with Crippen molar-refractivity contribution in [3.05, 3.63) is 35.3 Å². The van der Waals surface area contributed by atoms with Gasteiger partial charge in [-0.1, -0.05) is 19.9 Å². The van der Waals surface area contributed by atoms with Crippen LogP contribution < -0.4 is 0 Å². The van der Waals surface area contributed by atoms with Gasteiger partial charge in [-0.05, 0) is 50.7 Å². The lowest BCUT2D eigenvalue weighted by molar-refractivity contribution is 0.0599. The first-order chi connectivity index (χ1) is 10.7. The molecule has 1 atom stereocenters. The van der Waals surface area contributed by atoms with Crippen LogP contribution in [-0.2, 0) is 6.42 Å². The van der Waals surface area contributed by atoms with Gasteiger partial charge in [-0.3, -0.25) is 9.20 Å². The fourth-order valence-corrected chi connectivity index (χ4v) is 3.55. The molecule has 0 aliphatic carbocycles. The molecule has 3 heterocycles. The number of pyridine rings is 1. The van der Waals surface area contributed by atoms with E-state index in [-0.39, 0.29) is 5.91 Å². The van der Waals surface area contributed by atoms with Crippen LogP contribution in [0.5, 0.6) is 0 Å². The number of nitrogens with zero attached hydrogens (tertiary/aromatic N) is 3. The number of likely N-dealkylation sites (tertiary alicyclic amines) is 1. The van der Waals surface area contributed by atoms with Crippen molar-refractivity contribution in [3.8, 4) is 0 Å². The predicted molar refractivity (Wildman–Crippen MR) is 88.3 cm³/mol. The Kier molecular flexibility index (Phi) is 4.19. The van der Waals surface area contributed by atoms with Gasteiger partial charge in [-0.15, -0.1) is 0 Å². The molecule has 0 spiro atoms. The molecule has 118 valence electrons. The van der Waals surface area contributed by atoms with E-state index in [0.29, 0.717) is 6.04 Å². The molecule has 22 heavy (non-hydrogen) atoms. The van der Waals surface area contributed by atoms with Gasteiger partial charge in [0.2, 0.25) is 0 Å². The molecular weight excluding hydrogens is 274 g/mol. The van der Waals surface area contributed by atoms with Crippen molar-refractivity contribution in [3.63, 3.8) is 0 Å². The van der Waals surface area contributed by atoms with Gasteiger partial charge in [0.1, 0.15) is 11.3 Å². The van der Waals surface area contributed by atoms with Crippen LogP contribution in [0.15, 0.2) is 18.3 Å². The quantitative estimate of drug-likeness (QED) is 0.868. The third-order valence-electron chi connectivity index (χ3n) is 4.81. The van der Waals surface area contributed by atoms with Gasteiger partial charge in [-0.2, -0.15) is 0 Å². The number of imidazole rings is 1. The van der Waals surface area contributed by atoms with E-state index >= 15 is 0 Å². The smallest absolute Gasteiger partial charge is 0.273 e. The maximum atomic E-state index is 13.2. The monoisotopic (exact) mass is 299 g/mol. The van der Waals surface area contributed by atoms with E-state index in [1.54, 1.807) is 0 Å². The zero-order valence-electron chi connectivity index (χ0n) is 13.8. The van der Waals surface area contributed by atoms with Gasteiger partial charge in [0.05, 0.1) is 5.69 Å². The fourth-order valence-electron chi connectivity index (χ4n) is 3.55. The number of carbonyl (C=O) groups excluding carboxylic acids is 1. The number of amides is 1. The standard InChI is InChI=1S/C18H25N3O/c1-4-14-10-6-7-11-20(14)18(22)16-15(5-2)19-17-13(3)9-8-12-21(16)17/h8-9,12,14H,4-7,10-11H2,1-3H3. The van der Waals surface area contributed by atoms with Gasteiger partial charge in [0, 0.05) is 18.8 Å². The summed E-state index contributed by atoms with van der Waals surface area (Å²) in [7, 11) is 0. The minimum Gasteiger partial charge on any atom is -0.334 e. The number of piperidine rings is 1. The molecular formula is C18H25N3O. The van der Waals surface area contributed by atoms with Crippen LogP contribution in [0.2, 0.25) is 0 Å². The molecule has 1 amide bonds. The molecule has 0 N–H and O–H groups in total. The summed E-state index contributed by atoms with van der Waals surface area (Å²) in [6, 6.07) is 4.42. The van der Waals surface area contributed by atoms with Crippen molar-refractivity contribution < 1.29 is 4.79 Å². The lowest BCUT2D eigenvalue weighted by Crippen LogP contribution is -2.44. The average Bonchev–Trinajstić information content (AvgIpc) is 2.94. The molecule has 1 unspecified atom stereocenters. The first-order valence-corrected chi connectivity index (χ1v) is 8.44. The van der Waals surface area contributed by atoms with E-state index in [2.05, 4.69) is 18.7 Å². The highest BCUT2D eigenvalue weighted by molar-refractivity contribution is 5.95. The van der Waals surface area contributed by atoms with Crippen LogP contribution >= 0.6 is 0 Å². The van der Waals surface area contributed by atoms with Crippen LogP contribution in [0.3, 0.4) is 0 Å². The topological polar surface area (TPSA) is 37.6 Å². The molecule has 1 fully saturated rings. The van der Waals surface area contributed by atoms with E-state index in [0.717, 1.165) is 54.8 Å². The Morgan fingerprint density at radius 3 is 2.91 bits per heavy atom. The lowest BCUT2D eigenvalue weighted by atomic mass is 9.99. The molecule has 0 radical (unpaired) electrons. The van der Waals surface area contributed by atoms with Crippen molar-refractivity contribution in [1.29, 1.82) is 0 Å². The molecule has 2 aromatic rings. The summed E-state index contributed by atoms with van der Waals surface area (Å²) in [5.74, 6) is 0.154. The summed E-state index contributed by atoms with van der Waals surface area (Å²) < 4.78 is 1.98. The number of hydrogen-bond acceptors (Lipinski definition) is 2. The van der Waals surface area contributed by atoms with Crippen molar-refractivity contribution in [2.24, 2.45) is 0 Å². The number of rotatable bonds is 3. The Morgan fingerprint density at radius 2 is 2.18 bits per heavy atom. The Morgan fingerprint density at radius 1 is 1.36 bits per heavy atom. The van der Waals surface area contributed by atoms with Gasteiger partial charge in [-0.25, -0.2) is 4.98 Å². The minimum absolute atomic E-state index is 0.154. The second kappa shape index (κ2) is 6.11. The van der Waals surface area contributed by atoms with Crippen molar-refractivity contribution in [2.75, 3.05) is 6.54 Å². The van der Waals surface area contributed by atoms with Crippen LogP contribution in [-0.4, -0.2) is 32.8 Å². The van der Waals surface area contributed by atoms with Gasteiger partial charge in [0.25, 0.3) is 5.91 Å². The molecule has 0 bridgehead atoms. The number of aryl methyl sites for hydroxylation is 2. The number of fused-ring (bicyclic) bond motifs is 1. The van der Waals surface area contributed by atoms with Crippen LogP contribution in [0.4, 0.5) is 0 Å². The zero-order valence-corrected chi connectivity index (χ0v) is 13.8. The number of aromatic nitrogens is 2. The molecule has 4 heteroatoms. The van der Waals surface area contributed by atoms with Crippen molar-refractivity contribution in [1.82, 2.24) is 14.3 Å². The summed E-state index contributed by atoms with van der Waals surface area (Å²) >= 11 is 0. The summed E-state index contributed by atoms with van der Waals surface area (Å²) in [6.07, 6.45) is 7.25. The Balaban J connectivity index is 2.08. The van der Waals surface area contributed by atoms with E-state index < -0.39 is 0 Å². The Hall–Kier alpha value is -1.84. The van der Waals surface area contributed by atoms with E-state index in [4.69, 9.17) is 4.98 Å². The Labute approximate surface area is 132 Å². The summed E-state index contributed by atoms with van der Waals surface area (Å²) in [5, 5.41) is 0. The molecule has 0 saturated carbocycles. The SMILES string of the molecule is CCc1nc2c(C)cccn2c1C(=O)N1CCCCC1CC. The summed E-state index contributed by atoms with van der Waals surface area (Å²) in [4.78, 5) is 20.0. The third kappa shape index (κ3) is 2.40. The highest BCUT2D eigenvalue weighted by Crippen LogP contribution is 2.24. The fraction of sp³-hybridized carbons (Fsp3) is 0.556. The second-order valence-corrected chi connectivity index (χ2v) is 6.20. The third-order valence-corrected chi connectivity index (χ3v) is 4.81. The second-order valence-electron chi connectivity index (χ2n) is 6.20. The molecule has 1 aliphatic rings. The molecule has 2 aromatic heterocycles. The van der Waals surface area contributed by atoms with Crippen LogP contribution in [0.25, 0.3) is 5.65 Å². The lowest BCUT2D eigenvalue weighted by Gasteiger charge is -2.35. The largest absolute Gasteiger partial charge is 0.334 e. The van der Waals surface area contributed by atoms with Gasteiger partial charge >= 0.3 is 0 Å². The Bertz CT molecular complexity index is 689. The molecule has 0 aromatic carbocycles.